The maximum atomic E-state index is 13.5. The minimum absolute atomic E-state index is 0.0410. The molecule has 2 saturated heterocycles. The summed E-state index contributed by atoms with van der Waals surface area (Å²) in [6.45, 7) is -1.02. The fourth-order valence-electron chi connectivity index (χ4n) is 5.24. The lowest BCUT2D eigenvalue weighted by molar-refractivity contribution is -0.191. The zero-order valence-corrected chi connectivity index (χ0v) is 22.2. The second kappa shape index (κ2) is 11.2. The number of phenols is 3. The molecule has 15 heteroatoms. The Morgan fingerprint density at radius 1 is 0.690 bits per heavy atom. The van der Waals surface area contributed by atoms with E-state index in [1.165, 1.54) is 26.4 Å². The smallest absolute Gasteiger partial charge is 0.200 e. The Bertz CT molecular complexity index is 1530. The standard InChI is InChI=1S/C27H30O15/c1-38-13-3-8(4-14(39-2)20(13)33)12-5-9(28)15-21(34)16(26-23(36)18(31)10(29)6-40-26)22(35)17(25(15)42-12)27-24(37)19(32)11(30)7-41-27/h3-5,10-11,18-19,23-24,26-27,29-37H,6-7H2,1-2H3. The van der Waals surface area contributed by atoms with E-state index < -0.39 is 101 Å². The number of phenolic OH excluding ortho intramolecular Hbond substituents is 3. The average molecular weight is 595 g/mol. The maximum absolute atomic E-state index is 13.5. The zero-order chi connectivity index (χ0) is 30.6. The van der Waals surface area contributed by atoms with E-state index in [1.807, 2.05) is 0 Å². The van der Waals surface area contributed by atoms with Gasteiger partial charge in [-0.3, -0.25) is 4.79 Å². The molecular formula is C27H30O15. The fourth-order valence-corrected chi connectivity index (χ4v) is 5.24. The van der Waals surface area contributed by atoms with Gasteiger partial charge < -0.3 is 69.3 Å². The number of rotatable bonds is 5. The minimum atomic E-state index is -1.89. The van der Waals surface area contributed by atoms with Crippen molar-refractivity contribution in [2.45, 2.75) is 48.8 Å². The average Bonchev–Trinajstić information content (AvgIpc) is 2.96. The summed E-state index contributed by atoms with van der Waals surface area (Å²) in [5.41, 5.74) is -2.27. The van der Waals surface area contributed by atoms with Crippen molar-refractivity contribution in [2.24, 2.45) is 0 Å². The Balaban J connectivity index is 1.81. The molecule has 2 aliphatic heterocycles. The van der Waals surface area contributed by atoms with Crippen LogP contribution in [-0.4, -0.2) is 110 Å². The highest BCUT2D eigenvalue weighted by molar-refractivity contribution is 5.92. The molecule has 228 valence electrons. The van der Waals surface area contributed by atoms with Crippen molar-refractivity contribution in [1.29, 1.82) is 0 Å². The van der Waals surface area contributed by atoms with E-state index in [9.17, 15) is 50.8 Å². The Hall–Kier alpha value is -3.67. The van der Waals surface area contributed by atoms with Crippen molar-refractivity contribution >= 4 is 11.0 Å². The minimum Gasteiger partial charge on any atom is -0.507 e. The molecule has 0 saturated carbocycles. The van der Waals surface area contributed by atoms with Gasteiger partial charge in [0, 0.05) is 11.6 Å². The molecule has 2 aromatic carbocycles. The second-order valence-corrected chi connectivity index (χ2v) is 10.0. The molecule has 8 unspecified atom stereocenters. The molecular weight excluding hydrogens is 564 g/mol. The van der Waals surface area contributed by atoms with E-state index >= 15 is 0 Å². The first-order valence-corrected chi connectivity index (χ1v) is 12.7. The first-order chi connectivity index (χ1) is 19.9. The number of hydrogen-bond acceptors (Lipinski definition) is 15. The molecule has 0 spiro atoms. The number of ether oxygens (including phenoxy) is 4. The lowest BCUT2D eigenvalue weighted by Crippen LogP contribution is -2.49. The molecule has 0 aliphatic carbocycles. The van der Waals surface area contributed by atoms with Gasteiger partial charge in [0.15, 0.2) is 22.5 Å². The van der Waals surface area contributed by atoms with E-state index in [0.29, 0.717) is 0 Å². The highest BCUT2D eigenvalue weighted by Gasteiger charge is 2.46. The third-order valence-corrected chi connectivity index (χ3v) is 7.53. The number of aliphatic hydroxyl groups is 6. The van der Waals surface area contributed by atoms with Crippen molar-refractivity contribution in [2.75, 3.05) is 27.4 Å². The number of aromatic hydroxyl groups is 3. The molecule has 1 aromatic heterocycles. The molecule has 0 radical (unpaired) electrons. The van der Waals surface area contributed by atoms with E-state index in [2.05, 4.69) is 0 Å². The van der Waals surface area contributed by atoms with Crippen LogP contribution < -0.4 is 14.9 Å². The number of methoxy groups -OCH3 is 2. The van der Waals surface area contributed by atoms with Crippen LogP contribution in [0, 0.1) is 0 Å². The molecule has 2 aliphatic rings. The molecule has 2 fully saturated rings. The molecule has 0 bridgehead atoms. The quantitative estimate of drug-likeness (QED) is 0.170. The predicted octanol–water partition coefficient (Wildman–Crippen LogP) is -1.10. The van der Waals surface area contributed by atoms with Crippen LogP contribution in [0.5, 0.6) is 28.7 Å². The summed E-state index contributed by atoms with van der Waals surface area (Å²) >= 11 is 0. The fraction of sp³-hybridized carbons (Fsp3) is 0.444. The maximum Gasteiger partial charge on any atom is 0.200 e. The van der Waals surface area contributed by atoms with Gasteiger partial charge in [0.05, 0.1) is 38.6 Å². The summed E-state index contributed by atoms with van der Waals surface area (Å²) in [4.78, 5) is 13.5. The van der Waals surface area contributed by atoms with Crippen LogP contribution in [0.25, 0.3) is 22.3 Å². The molecule has 15 nitrogen and oxygen atoms in total. The number of aliphatic hydroxyl groups excluding tert-OH is 6. The Morgan fingerprint density at radius 2 is 1.19 bits per heavy atom. The molecule has 42 heavy (non-hydrogen) atoms. The van der Waals surface area contributed by atoms with Crippen LogP contribution in [0.2, 0.25) is 0 Å². The molecule has 8 atom stereocenters. The van der Waals surface area contributed by atoms with Crippen LogP contribution in [0.3, 0.4) is 0 Å². The molecule has 3 heterocycles. The zero-order valence-electron chi connectivity index (χ0n) is 22.2. The normalized spacial score (nSPS) is 29.9. The van der Waals surface area contributed by atoms with Crippen LogP contribution in [-0.2, 0) is 9.47 Å². The van der Waals surface area contributed by atoms with Crippen molar-refractivity contribution in [1.82, 2.24) is 0 Å². The summed E-state index contributed by atoms with van der Waals surface area (Å²) in [5.74, 6) is -2.37. The highest BCUT2D eigenvalue weighted by atomic mass is 16.5. The first kappa shape index (κ1) is 29.8. The van der Waals surface area contributed by atoms with Crippen LogP contribution in [0.15, 0.2) is 27.4 Å². The van der Waals surface area contributed by atoms with Crippen LogP contribution in [0.4, 0.5) is 0 Å². The number of hydrogen-bond donors (Lipinski definition) is 9. The summed E-state index contributed by atoms with van der Waals surface area (Å²) in [6.07, 6.45) is -13.6. The van der Waals surface area contributed by atoms with Gasteiger partial charge in [-0.1, -0.05) is 0 Å². The van der Waals surface area contributed by atoms with Gasteiger partial charge in [0.1, 0.15) is 71.5 Å². The van der Waals surface area contributed by atoms with E-state index in [4.69, 9.17) is 23.4 Å². The topological polar surface area (TPSA) is 249 Å². The molecule has 3 aromatic rings. The summed E-state index contributed by atoms with van der Waals surface area (Å²) in [7, 11) is 2.56. The lowest BCUT2D eigenvalue weighted by atomic mass is 9.87. The monoisotopic (exact) mass is 594 g/mol. The lowest BCUT2D eigenvalue weighted by Gasteiger charge is -2.38. The van der Waals surface area contributed by atoms with Gasteiger partial charge in [-0.15, -0.1) is 0 Å². The Morgan fingerprint density at radius 3 is 1.69 bits per heavy atom. The highest BCUT2D eigenvalue weighted by Crippen LogP contribution is 2.50. The third kappa shape index (κ3) is 4.69. The summed E-state index contributed by atoms with van der Waals surface area (Å²) < 4.78 is 27.3. The molecule has 0 amide bonds. The van der Waals surface area contributed by atoms with Gasteiger partial charge in [-0.25, -0.2) is 0 Å². The Kier molecular flexibility index (Phi) is 7.95. The number of benzene rings is 2. The van der Waals surface area contributed by atoms with E-state index in [0.717, 1.165) is 6.07 Å². The van der Waals surface area contributed by atoms with Crippen molar-refractivity contribution < 1.29 is 69.3 Å². The van der Waals surface area contributed by atoms with Gasteiger partial charge >= 0.3 is 0 Å². The van der Waals surface area contributed by atoms with Crippen molar-refractivity contribution in [3.63, 3.8) is 0 Å². The SMILES string of the molecule is COc1cc(-c2cc(=O)c3c(O)c(C4OCC(O)C(O)C4O)c(O)c(C4OCC(O)C(O)C4O)c3o2)cc(OC)c1O. The largest absolute Gasteiger partial charge is 0.507 e. The predicted molar refractivity (Wildman–Crippen MR) is 139 cm³/mol. The van der Waals surface area contributed by atoms with Gasteiger partial charge in [-0.2, -0.15) is 0 Å². The van der Waals surface area contributed by atoms with E-state index in [-0.39, 0.29) is 28.6 Å². The van der Waals surface area contributed by atoms with E-state index in [1.54, 1.807) is 0 Å². The first-order valence-electron chi connectivity index (χ1n) is 12.7. The van der Waals surface area contributed by atoms with Crippen molar-refractivity contribution in [3.05, 3.63) is 39.5 Å². The second-order valence-electron chi connectivity index (χ2n) is 10.0. The van der Waals surface area contributed by atoms with Crippen molar-refractivity contribution in [3.8, 4) is 40.1 Å². The molecule has 5 rings (SSSR count). The third-order valence-electron chi connectivity index (χ3n) is 7.53. The summed E-state index contributed by atoms with van der Waals surface area (Å²) in [5, 5.41) is 94.4. The van der Waals surface area contributed by atoms with Gasteiger partial charge in [-0.05, 0) is 12.1 Å². The van der Waals surface area contributed by atoms with Gasteiger partial charge in [0.25, 0.3) is 0 Å². The van der Waals surface area contributed by atoms with Crippen LogP contribution in [0.1, 0.15) is 23.3 Å². The Labute approximate surface area is 236 Å². The van der Waals surface area contributed by atoms with Gasteiger partial charge in [0.2, 0.25) is 5.75 Å². The summed E-state index contributed by atoms with van der Waals surface area (Å²) in [6, 6.07) is 3.62. The molecule has 9 N–H and O–H groups in total. The number of fused-ring (bicyclic) bond motifs is 1. The van der Waals surface area contributed by atoms with Crippen LogP contribution >= 0.6 is 0 Å².